The van der Waals surface area contributed by atoms with E-state index in [1.807, 2.05) is 18.5 Å². The maximum atomic E-state index is 14.7. The average Bonchev–Trinajstić information content (AvgIpc) is 2.84. The molecule has 5 rings (SSSR count). The number of aromatic nitrogens is 4. The molecule has 2 aliphatic rings. The van der Waals surface area contributed by atoms with E-state index >= 15 is 0 Å². The van der Waals surface area contributed by atoms with Crippen molar-refractivity contribution in [2.45, 2.75) is 44.9 Å². The lowest BCUT2D eigenvalue weighted by Crippen LogP contribution is -2.53. The third kappa shape index (κ3) is 4.94. The first-order valence-corrected chi connectivity index (χ1v) is 13.0. The van der Waals surface area contributed by atoms with Gasteiger partial charge in [-0.25, -0.2) is 19.3 Å². The van der Waals surface area contributed by atoms with E-state index in [2.05, 4.69) is 39.0 Å². The van der Waals surface area contributed by atoms with E-state index in [9.17, 15) is 14.3 Å². The van der Waals surface area contributed by atoms with Crippen LogP contribution in [0.25, 0.3) is 10.8 Å². The Balaban J connectivity index is 1.40. The van der Waals surface area contributed by atoms with Crippen molar-refractivity contribution in [2.75, 3.05) is 55.4 Å². The van der Waals surface area contributed by atoms with Crippen LogP contribution in [0.15, 0.2) is 30.7 Å². The predicted molar refractivity (Wildman–Crippen MR) is 146 cm³/mol. The summed E-state index contributed by atoms with van der Waals surface area (Å²) in [6, 6.07) is 3.74. The SMILES string of the molecule is CC(C)c1cnc(N2CC(C(=O)N(C)C)C2)c2cnc(Nc3ccnc(N4CC[C@@H](O)[C@@](C)(F)C4)n3)cc12. The average molecular weight is 523 g/mol. The van der Waals surface area contributed by atoms with Gasteiger partial charge in [-0.3, -0.25) is 4.79 Å². The largest absolute Gasteiger partial charge is 0.390 e. The second-order valence-corrected chi connectivity index (χ2v) is 11.0. The molecule has 3 aromatic heterocycles. The van der Waals surface area contributed by atoms with E-state index in [0.717, 1.165) is 22.2 Å². The number of hydrogen-bond acceptors (Lipinski definition) is 9. The van der Waals surface area contributed by atoms with Gasteiger partial charge < -0.3 is 25.1 Å². The summed E-state index contributed by atoms with van der Waals surface area (Å²) in [5.41, 5.74) is -0.617. The van der Waals surface area contributed by atoms with Crippen molar-refractivity contribution in [1.29, 1.82) is 0 Å². The summed E-state index contributed by atoms with van der Waals surface area (Å²) >= 11 is 0. The molecule has 0 bridgehead atoms. The smallest absolute Gasteiger partial charge is 0.228 e. The van der Waals surface area contributed by atoms with Crippen molar-refractivity contribution < 1.29 is 14.3 Å². The van der Waals surface area contributed by atoms with Crippen molar-refractivity contribution in [3.63, 3.8) is 0 Å². The molecule has 202 valence electrons. The quantitative estimate of drug-likeness (QED) is 0.504. The molecule has 0 aliphatic carbocycles. The summed E-state index contributed by atoms with van der Waals surface area (Å²) in [5.74, 6) is 2.76. The van der Waals surface area contributed by atoms with Crippen LogP contribution in [0.5, 0.6) is 0 Å². The van der Waals surface area contributed by atoms with Crippen LogP contribution in [-0.2, 0) is 4.79 Å². The van der Waals surface area contributed by atoms with Crippen LogP contribution in [0.1, 0.15) is 38.7 Å². The monoisotopic (exact) mass is 522 g/mol. The molecule has 2 fully saturated rings. The van der Waals surface area contributed by atoms with Gasteiger partial charge in [0.05, 0.1) is 18.6 Å². The number of halogens is 1. The second-order valence-electron chi connectivity index (χ2n) is 11.0. The van der Waals surface area contributed by atoms with E-state index in [0.29, 0.717) is 43.6 Å². The Morgan fingerprint density at radius 1 is 1.16 bits per heavy atom. The van der Waals surface area contributed by atoms with Crippen molar-refractivity contribution in [3.8, 4) is 0 Å². The molecule has 2 atom stereocenters. The number of anilines is 4. The number of nitrogens with zero attached hydrogens (tertiary/aromatic N) is 7. The molecule has 0 unspecified atom stereocenters. The molecule has 2 N–H and O–H groups in total. The molecule has 2 aliphatic heterocycles. The standard InChI is InChI=1S/C27H35FN8O2/c1-16(2)19-11-31-24(36-13-17(14-36)25(38)34(4)5)20-12-30-23(10-18(19)20)32-22-6-8-29-26(33-22)35-9-7-21(37)27(3,28)15-35/h6,8,10-12,16-17,21,37H,7,9,13-15H2,1-5H3,(H,29,30,32,33)/t21-,27+/m1/s1. The van der Waals surface area contributed by atoms with E-state index in [4.69, 9.17) is 4.98 Å². The highest BCUT2D eigenvalue weighted by atomic mass is 19.1. The fourth-order valence-corrected chi connectivity index (χ4v) is 5.10. The zero-order chi connectivity index (χ0) is 27.2. The van der Waals surface area contributed by atoms with E-state index < -0.39 is 11.8 Å². The Bertz CT molecular complexity index is 1340. The van der Waals surface area contributed by atoms with Gasteiger partial charge in [0.15, 0.2) is 5.67 Å². The predicted octanol–water partition coefficient (Wildman–Crippen LogP) is 3.11. The van der Waals surface area contributed by atoms with E-state index in [-0.39, 0.29) is 24.3 Å². The summed E-state index contributed by atoms with van der Waals surface area (Å²) in [4.78, 5) is 36.1. The number of rotatable bonds is 6. The molecule has 0 radical (unpaired) electrons. The molecule has 0 saturated carbocycles. The van der Waals surface area contributed by atoms with Crippen molar-refractivity contribution >= 4 is 40.1 Å². The highest BCUT2D eigenvalue weighted by molar-refractivity contribution is 5.96. The molecule has 0 spiro atoms. The number of amides is 1. The number of fused-ring (bicyclic) bond motifs is 1. The van der Waals surface area contributed by atoms with Crippen LogP contribution in [0, 0.1) is 5.92 Å². The van der Waals surface area contributed by atoms with Crippen LogP contribution in [-0.4, -0.2) is 87.9 Å². The van der Waals surface area contributed by atoms with Gasteiger partial charge in [0.25, 0.3) is 0 Å². The number of alkyl halides is 1. The van der Waals surface area contributed by atoms with Gasteiger partial charge in [-0.15, -0.1) is 0 Å². The van der Waals surface area contributed by atoms with Crippen LogP contribution in [0.2, 0.25) is 0 Å². The number of nitrogens with one attached hydrogen (secondary N) is 1. The number of carbonyl (C=O) groups is 1. The number of aliphatic hydroxyl groups excluding tert-OH is 1. The maximum absolute atomic E-state index is 14.7. The summed E-state index contributed by atoms with van der Waals surface area (Å²) in [6.45, 7) is 7.43. The molecule has 38 heavy (non-hydrogen) atoms. The molecule has 5 heterocycles. The highest BCUT2D eigenvalue weighted by Gasteiger charge is 2.40. The minimum absolute atomic E-state index is 0.0223. The lowest BCUT2D eigenvalue weighted by atomic mass is 9.94. The fraction of sp³-hybridized carbons (Fsp3) is 0.519. The Hall–Kier alpha value is -3.60. The Morgan fingerprint density at radius 2 is 1.92 bits per heavy atom. The third-order valence-corrected chi connectivity index (χ3v) is 7.42. The number of carbonyl (C=O) groups excluding carboxylic acids is 1. The highest BCUT2D eigenvalue weighted by Crippen LogP contribution is 2.35. The number of aliphatic hydroxyl groups is 1. The van der Waals surface area contributed by atoms with Crippen LogP contribution >= 0.6 is 0 Å². The summed E-state index contributed by atoms with van der Waals surface area (Å²) < 4.78 is 14.7. The zero-order valence-corrected chi connectivity index (χ0v) is 22.5. The molecular formula is C27H35FN8O2. The lowest BCUT2D eigenvalue weighted by molar-refractivity contribution is -0.133. The van der Waals surface area contributed by atoms with Gasteiger partial charge in [-0.05, 0) is 42.3 Å². The lowest BCUT2D eigenvalue weighted by Gasteiger charge is -2.40. The molecule has 2 saturated heterocycles. The Kier molecular flexibility index (Phi) is 6.81. The van der Waals surface area contributed by atoms with Crippen molar-refractivity contribution in [3.05, 3.63) is 36.3 Å². The molecule has 0 aromatic carbocycles. The molecule has 1 amide bonds. The van der Waals surface area contributed by atoms with Crippen LogP contribution < -0.4 is 15.1 Å². The third-order valence-electron chi connectivity index (χ3n) is 7.42. The van der Waals surface area contributed by atoms with Crippen molar-refractivity contribution in [2.24, 2.45) is 5.92 Å². The summed E-state index contributed by atoms with van der Waals surface area (Å²) in [6.07, 6.45) is 4.68. The van der Waals surface area contributed by atoms with E-state index in [1.54, 1.807) is 36.2 Å². The van der Waals surface area contributed by atoms with Gasteiger partial charge >= 0.3 is 0 Å². The van der Waals surface area contributed by atoms with E-state index in [1.165, 1.54) is 6.92 Å². The normalized spacial score (nSPS) is 22.1. The first-order chi connectivity index (χ1) is 18.0. The Labute approximate surface area is 221 Å². The Morgan fingerprint density at radius 3 is 2.61 bits per heavy atom. The molecule has 3 aromatic rings. The molecule has 11 heteroatoms. The zero-order valence-electron chi connectivity index (χ0n) is 22.5. The second kappa shape index (κ2) is 9.94. The minimum atomic E-state index is -1.72. The minimum Gasteiger partial charge on any atom is -0.390 e. The first-order valence-electron chi connectivity index (χ1n) is 13.0. The number of piperidine rings is 1. The van der Waals surface area contributed by atoms with Crippen LogP contribution in [0.4, 0.5) is 27.8 Å². The summed E-state index contributed by atoms with van der Waals surface area (Å²) in [7, 11) is 3.56. The fourth-order valence-electron chi connectivity index (χ4n) is 5.10. The van der Waals surface area contributed by atoms with Gasteiger partial charge in [-0.1, -0.05) is 13.8 Å². The molecule has 10 nitrogen and oxygen atoms in total. The van der Waals surface area contributed by atoms with Crippen LogP contribution in [0.3, 0.4) is 0 Å². The number of pyridine rings is 2. The van der Waals surface area contributed by atoms with Gasteiger partial charge in [0.1, 0.15) is 17.5 Å². The number of hydrogen-bond donors (Lipinski definition) is 2. The topological polar surface area (TPSA) is 111 Å². The van der Waals surface area contributed by atoms with Gasteiger partial charge in [0, 0.05) is 57.7 Å². The van der Waals surface area contributed by atoms with Crippen molar-refractivity contribution in [1.82, 2.24) is 24.8 Å². The van der Waals surface area contributed by atoms with Gasteiger partial charge in [-0.2, -0.15) is 4.98 Å². The first kappa shape index (κ1) is 26.0. The van der Waals surface area contributed by atoms with Gasteiger partial charge in [0.2, 0.25) is 11.9 Å². The summed E-state index contributed by atoms with van der Waals surface area (Å²) in [5, 5.41) is 15.2. The molecular weight excluding hydrogens is 487 g/mol. The maximum Gasteiger partial charge on any atom is 0.228 e.